The van der Waals surface area contributed by atoms with Gasteiger partial charge in [0.05, 0.1) is 16.6 Å². The van der Waals surface area contributed by atoms with Crippen molar-refractivity contribution in [1.82, 2.24) is 4.40 Å². The molecule has 0 bridgehead atoms. The first-order chi connectivity index (χ1) is 23.5. The van der Waals surface area contributed by atoms with Crippen molar-refractivity contribution < 1.29 is 0 Å². The fraction of sp³-hybridized carbons (Fsp3) is 0.0870. The second kappa shape index (κ2) is 10.6. The lowest BCUT2D eigenvalue weighted by molar-refractivity contribution is 0.660. The molecule has 0 unspecified atom stereocenters. The maximum Gasteiger partial charge on any atom is 0.0547 e. The van der Waals surface area contributed by atoms with E-state index in [9.17, 15) is 0 Å². The molecule has 0 amide bonds. The Morgan fingerprint density at radius 1 is 0.625 bits per heavy atom. The summed E-state index contributed by atoms with van der Waals surface area (Å²) < 4.78 is 2.40. The number of anilines is 1. The van der Waals surface area contributed by atoms with E-state index in [0.717, 1.165) is 39.7 Å². The van der Waals surface area contributed by atoms with Gasteiger partial charge in [-0.1, -0.05) is 136 Å². The van der Waals surface area contributed by atoms with E-state index in [0.29, 0.717) is 0 Å². The van der Waals surface area contributed by atoms with Crippen molar-refractivity contribution in [2.24, 2.45) is 0 Å². The highest BCUT2D eigenvalue weighted by atomic mass is 14.9. The van der Waals surface area contributed by atoms with E-state index >= 15 is 0 Å². The van der Waals surface area contributed by atoms with Gasteiger partial charge < -0.3 is 10.1 Å². The summed E-state index contributed by atoms with van der Waals surface area (Å²) in [5, 5.41) is 4.91. The molecule has 1 aliphatic carbocycles. The van der Waals surface area contributed by atoms with Crippen molar-refractivity contribution in [3.8, 4) is 22.3 Å². The van der Waals surface area contributed by atoms with Crippen LogP contribution in [0.1, 0.15) is 36.1 Å². The predicted molar refractivity (Wildman–Crippen MR) is 206 cm³/mol. The van der Waals surface area contributed by atoms with Crippen LogP contribution < -0.4 is 5.73 Å². The third-order valence-electron chi connectivity index (χ3n) is 10.6. The molecular formula is C46H36N2. The number of nitrogens with zero attached hydrogens (tertiary/aromatic N) is 1. The minimum atomic E-state index is -0.00906. The molecule has 2 aromatic heterocycles. The van der Waals surface area contributed by atoms with Gasteiger partial charge in [-0.2, -0.15) is 0 Å². The van der Waals surface area contributed by atoms with Crippen molar-refractivity contribution in [3.05, 3.63) is 174 Å². The van der Waals surface area contributed by atoms with E-state index in [1.54, 1.807) is 0 Å². The SMILES string of the molecule is C=C/C(=C\Cc1ccccc1-c1c(N)ccc2c1cc1c3ccccc3c3ccccc3n21)c1ccc2c(c1)-c1ccccc1C2(C)C. The molecule has 0 fully saturated rings. The van der Waals surface area contributed by atoms with Crippen LogP contribution in [0.15, 0.2) is 152 Å². The van der Waals surface area contributed by atoms with Gasteiger partial charge in [0.2, 0.25) is 0 Å². The molecular weight excluding hydrogens is 581 g/mol. The molecule has 230 valence electrons. The van der Waals surface area contributed by atoms with Gasteiger partial charge in [-0.25, -0.2) is 0 Å². The molecule has 9 rings (SSSR count). The quantitative estimate of drug-likeness (QED) is 0.116. The van der Waals surface area contributed by atoms with Gasteiger partial charge in [0, 0.05) is 32.8 Å². The summed E-state index contributed by atoms with van der Waals surface area (Å²) in [6.07, 6.45) is 5.06. The van der Waals surface area contributed by atoms with E-state index in [-0.39, 0.29) is 5.41 Å². The molecule has 0 atom stereocenters. The molecule has 48 heavy (non-hydrogen) atoms. The Labute approximate surface area is 281 Å². The van der Waals surface area contributed by atoms with E-state index in [1.807, 2.05) is 6.08 Å². The molecule has 2 nitrogen and oxygen atoms in total. The summed E-state index contributed by atoms with van der Waals surface area (Å²) in [5.41, 5.74) is 22.4. The van der Waals surface area contributed by atoms with Crippen LogP contribution in [0, 0.1) is 0 Å². The van der Waals surface area contributed by atoms with Crippen LogP contribution in [0.25, 0.3) is 65.9 Å². The Kier molecular flexibility index (Phi) is 6.26. The predicted octanol–water partition coefficient (Wildman–Crippen LogP) is 11.8. The third kappa shape index (κ3) is 4.06. The Bertz CT molecular complexity index is 2650. The normalized spacial score (nSPS) is 13.8. The van der Waals surface area contributed by atoms with E-state index in [4.69, 9.17) is 5.73 Å². The van der Waals surface area contributed by atoms with Crippen LogP contribution >= 0.6 is 0 Å². The summed E-state index contributed by atoms with van der Waals surface area (Å²) in [6, 6.07) is 48.4. The maximum absolute atomic E-state index is 6.88. The summed E-state index contributed by atoms with van der Waals surface area (Å²) in [4.78, 5) is 0. The van der Waals surface area contributed by atoms with Crippen molar-refractivity contribution in [1.29, 1.82) is 0 Å². The smallest absolute Gasteiger partial charge is 0.0547 e. The van der Waals surface area contributed by atoms with Gasteiger partial charge in [0.15, 0.2) is 0 Å². The van der Waals surface area contributed by atoms with Gasteiger partial charge in [0.1, 0.15) is 0 Å². The number of fused-ring (bicyclic) bond motifs is 11. The van der Waals surface area contributed by atoms with Gasteiger partial charge in [-0.3, -0.25) is 0 Å². The average molecular weight is 617 g/mol. The summed E-state index contributed by atoms with van der Waals surface area (Å²) >= 11 is 0. The highest BCUT2D eigenvalue weighted by Gasteiger charge is 2.35. The number of nitrogen functional groups attached to an aromatic ring is 1. The number of allylic oxidation sites excluding steroid dienone is 3. The van der Waals surface area contributed by atoms with Crippen LogP contribution in [0.2, 0.25) is 0 Å². The molecule has 1 aliphatic rings. The lowest BCUT2D eigenvalue weighted by Gasteiger charge is -2.21. The molecule has 0 radical (unpaired) electrons. The van der Waals surface area contributed by atoms with E-state index in [1.165, 1.54) is 60.6 Å². The molecule has 0 aliphatic heterocycles. The first-order valence-corrected chi connectivity index (χ1v) is 16.7. The molecule has 6 aromatic carbocycles. The van der Waals surface area contributed by atoms with Gasteiger partial charge >= 0.3 is 0 Å². The Morgan fingerprint density at radius 3 is 2.08 bits per heavy atom. The zero-order chi connectivity index (χ0) is 32.6. The van der Waals surface area contributed by atoms with E-state index in [2.05, 4.69) is 164 Å². The van der Waals surface area contributed by atoms with Crippen LogP contribution in [0.3, 0.4) is 0 Å². The zero-order valence-corrected chi connectivity index (χ0v) is 27.3. The molecule has 0 saturated heterocycles. The van der Waals surface area contributed by atoms with Crippen LogP contribution in [-0.2, 0) is 11.8 Å². The average Bonchev–Trinajstić information content (AvgIpc) is 3.62. The van der Waals surface area contributed by atoms with Gasteiger partial charge in [-0.15, -0.1) is 0 Å². The maximum atomic E-state index is 6.88. The highest BCUT2D eigenvalue weighted by molar-refractivity contribution is 6.17. The topological polar surface area (TPSA) is 30.4 Å². The minimum absolute atomic E-state index is 0.00906. The third-order valence-corrected chi connectivity index (χ3v) is 10.6. The van der Waals surface area contributed by atoms with Gasteiger partial charge in [0.25, 0.3) is 0 Å². The number of rotatable bonds is 5. The molecule has 0 saturated carbocycles. The van der Waals surface area contributed by atoms with Crippen LogP contribution in [0.5, 0.6) is 0 Å². The number of hydrogen-bond acceptors (Lipinski definition) is 1. The fourth-order valence-corrected chi connectivity index (χ4v) is 8.27. The number of pyridine rings is 1. The van der Waals surface area contributed by atoms with Crippen LogP contribution in [0.4, 0.5) is 5.69 Å². The Morgan fingerprint density at radius 2 is 1.27 bits per heavy atom. The largest absolute Gasteiger partial charge is 0.398 e. The lowest BCUT2D eigenvalue weighted by atomic mass is 9.82. The van der Waals surface area contributed by atoms with Crippen molar-refractivity contribution in [3.63, 3.8) is 0 Å². The van der Waals surface area contributed by atoms with Crippen molar-refractivity contribution in [2.75, 3.05) is 5.73 Å². The summed E-state index contributed by atoms with van der Waals surface area (Å²) in [6.45, 7) is 8.88. The highest BCUT2D eigenvalue weighted by Crippen LogP contribution is 2.49. The monoisotopic (exact) mass is 616 g/mol. The molecule has 2 heterocycles. The summed E-state index contributed by atoms with van der Waals surface area (Å²) in [7, 11) is 0. The number of aromatic nitrogens is 1. The Balaban J connectivity index is 1.18. The second-order valence-corrected chi connectivity index (χ2v) is 13.5. The van der Waals surface area contributed by atoms with Crippen LogP contribution in [-0.4, -0.2) is 4.40 Å². The van der Waals surface area contributed by atoms with Crippen molar-refractivity contribution in [2.45, 2.75) is 25.7 Å². The fourth-order valence-electron chi connectivity index (χ4n) is 8.27. The van der Waals surface area contributed by atoms with Crippen molar-refractivity contribution >= 4 is 49.4 Å². The first-order valence-electron chi connectivity index (χ1n) is 16.7. The number of benzene rings is 6. The van der Waals surface area contributed by atoms with E-state index < -0.39 is 0 Å². The summed E-state index contributed by atoms with van der Waals surface area (Å²) in [5.74, 6) is 0. The molecule has 2 N–H and O–H groups in total. The second-order valence-electron chi connectivity index (χ2n) is 13.5. The number of para-hydroxylation sites is 1. The lowest BCUT2D eigenvalue weighted by Crippen LogP contribution is -2.14. The molecule has 8 aromatic rings. The molecule has 0 spiro atoms. The minimum Gasteiger partial charge on any atom is -0.398 e. The van der Waals surface area contributed by atoms with Gasteiger partial charge in [-0.05, 0) is 86.7 Å². The standard InChI is InChI=1S/C46H36N2/c1-4-29(31-23-24-40-37(27-31)34-16-9-11-19-39(34)46(40,2)3)21-22-30-13-5-6-14-32(30)45-38-28-44-36-18-8-7-15-33(36)35-17-10-12-20-42(35)48(44)43(38)26-25-41(45)47/h4-21,23-28H,1,22,47H2,2-3H3/b29-21+. The zero-order valence-electron chi connectivity index (χ0n) is 27.3. The number of nitrogens with two attached hydrogens (primary N) is 1. The molecule has 2 heteroatoms. The Hall–Kier alpha value is -5.86. The number of hydrogen-bond donors (Lipinski definition) is 1. The first kappa shape index (κ1) is 28.4.